The summed E-state index contributed by atoms with van der Waals surface area (Å²) in [6.45, 7) is 8.29. The van der Waals surface area contributed by atoms with Crippen LogP contribution in [0.3, 0.4) is 0 Å². The third-order valence-corrected chi connectivity index (χ3v) is 5.95. The molecule has 6 heteroatoms. The number of fused-ring (bicyclic) bond motifs is 1. The van der Waals surface area contributed by atoms with E-state index < -0.39 is 24.0 Å². The van der Waals surface area contributed by atoms with Gasteiger partial charge in [-0.15, -0.1) is 0 Å². The van der Waals surface area contributed by atoms with E-state index in [0.717, 1.165) is 33.4 Å². The molecule has 0 saturated carbocycles. The number of hydrogen-bond acceptors (Lipinski definition) is 5. The molecule has 1 saturated heterocycles. The highest BCUT2D eigenvalue weighted by Crippen LogP contribution is 2.47. The maximum atomic E-state index is 14.2. The largest absolute Gasteiger partial charge is 0.458 e. The van der Waals surface area contributed by atoms with E-state index in [1.165, 1.54) is 6.07 Å². The monoisotopic (exact) mass is 426 g/mol. The fraction of sp³-hybridized carbons (Fsp3) is 0.400. The number of ether oxygens (including phenoxy) is 3. The van der Waals surface area contributed by atoms with Crippen molar-refractivity contribution in [3.8, 4) is 22.6 Å². The number of cyclic esters (lactones) is 1. The number of aryl methyl sites for hydroxylation is 1. The van der Waals surface area contributed by atoms with E-state index in [1.807, 2.05) is 19.1 Å². The van der Waals surface area contributed by atoms with Gasteiger partial charge in [0.15, 0.2) is 11.6 Å². The molecule has 2 atom stereocenters. The summed E-state index contributed by atoms with van der Waals surface area (Å²) in [6.07, 6.45) is 2.95. The number of aliphatic hydroxyl groups is 1. The lowest BCUT2D eigenvalue weighted by molar-refractivity contribution is -0.156. The minimum atomic E-state index is -0.703. The molecule has 2 heterocycles. The molecule has 0 bridgehead atoms. The Labute approximate surface area is 181 Å². The van der Waals surface area contributed by atoms with Gasteiger partial charge in [0.25, 0.3) is 0 Å². The van der Waals surface area contributed by atoms with Crippen molar-refractivity contribution in [3.63, 3.8) is 0 Å². The van der Waals surface area contributed by atoms with E-state index in [1.54, 1.807) is 6.07 Å². The number of hydrogen-bond donors (Lipinski definition) is 1. The highest BCUT2D eigenvalue weighted by atomic mass is 19.1. The van der Waals surface area contributed by atoms with Crippen molar-refractivity contribution >= 4 is 12.0 Å². The smallest absolute Gasteiger partial charge is 0.309 e. The van der Waals surface area contributed by atoms with Crippen LogP contribution in [0.4, 0.5) is 4.39 Å². The molecule has 4 rings (SSSR count). The molecule has 0 aliphatic carbocycles. The van der Waals surface area contributed by atoms with Crippen molar-refractivity contribution in [2.24, 2.45) is 0 Å². The van der Waals surface area contributed by atoms with E-state index in [4.69, 9.17) is 14.2 Å². The molecule has 0 unspecified atom stereocenters. The predicted molar refractivity (Wildman–Crippen MR) is 116 cm³/mol. The van der Waals surface area contributed by atoms with Gasteiger partial charge in [0, 0.05) is 12.0 Å². The molecule has 2 aromatic rings. The summed E-state index contributed by atoms with van der Waals surface area (Å²) in [6, 6.07) is 5.27. The summed E-state index contributed by atoms with van der Waals surface area (Å²) in [4.78, 5) is 11.7. The van der Waals surface area contributed by atoms with Gasteiger partial charge in [-0.2, -0.15) is 0 Å². The maximum absolute atomic E-state index is 14.2. The number of halogens is 1. The third-order valence-electron chi connectivity index (χ3n) is 5.95. The molecule has 1 fully saturated rings. The first-order chi connectivity index (χ1) is 14.8. The normalized spacial score (nSPS) is 20.5. The van der Waals surface area contributed by atoms with Gasteiger partial charge in [-0.05, 0) is 65.8 Å². The van der Waals surface area contributed by atoms with E-state index >= 15 is 0 Å². The molecule has 0 aromatic heterocycles. The van der Waals surface area contributed by atoms with Crippen LogP contribution in [0.25, 0.3) is 17.2 Å². The second kappa shape index (κ2) is 8.35. The molecule has 1 N–H and O–H groups in total. The van der Waals surface area contributed by atoms with Crippen LogP contribution in [0.2, 0.25) is 0 Å². The average molecular weight is 426 g/mol. The van der Waals surface area contributed by atoms with E-state index in [-0.39, 0.29) is 24.9 Å². The number of carbonyl (C=O) groups excluding carboxylic acids is 1. The molecule has 0 amide bonds. The zero-order chi connectivity index (χ0) is 22.3. The van der Waals surface area contributed by atoms with Gasteiger partial charge in [-0.1, -0.05) is 26.0 Å². The van der Waals surface area contributed by atoms with Crippen molar-refractivity contribution in [1.29, 1.82) is 0 Å². The highest BCUT2D eigenvalue weighted by molar-refractivity contribution is 5.86. The first-order valence-electron chi connectivity index (χ1n) is 10.5. The van der Waals surface area contributed by atoms with Crippen LogP contribution in [-0.4, -0.2) is 30.1 Å². The van der Waals surface area contributed by atoms with Gasteiger partial charge in [0.1, 0.15) is 6.10 Å². The van der Waals surface area contributed by atoms with Crippen LogP contribution in [0.5, 0.6) is 11.5 Å². The summed E-state index contributed by atoms with van der Waals surface area (Å²) in [5.41, 5.74) is 5.94. The first-order valence-corrected chi connectivity index (χ1v) is 10.5. The molecule has 2 aliphatic rings. The molecule has 2 aromatic carbocycles. The lowest BCUT2D eigenvalue weighted by atomic mass is 9.84. The minimum Gasteiger partial charge on any atom is -0.458 e. The lowest BCUT2D eigenvalue weighted by Gasteiger charge is -2.24. The maximum Gasteiger partial charge on any atom is 0.309 e. The van der Waals surface area contributed by atoms with Crippen LogP contribution < -0.4 is 9.47 Å². The Kier molecular flexibility index (Phi) is 5.75. The zero-order valence-corrected chi connectivity index (χ0v) is 18.2. The molecule has 0 radical (unpaired) electrons. The SMILES string of the molecule is Cc1cc(C(C)C)c(C=C[C@H]2C[C@H](O)CC(=O)O2)c(-c2ccc(F)c3c2OCO3)c1C. The Hall–Kier alpha value is -2.86. The topological polar surface area (TPSA) is 65.0 Å². The summed E-state index contributed by atoms with van der Waals surface area (Å²) < 4.78 is 30.6. The van der Waals surface area contributed by atoms with Crippen molar-refractivity contribution < 1.29 is 28.5 Å². The minimum absolute atomic E-state index is 0.0216. The van der Waals surface area contributed by atoms with Crippen LogP contribution in [0.1, 0.15) is 54.9 Å². The van der Waals surface area contributed by atoms with Gasteiger partial charge < -0.3 is 19.3 Å². The number of carbonyl (C=O) groups is 1. The standard InChI is InChI=1S/C25H27FO5/c1-13(2)20-9-14(3)15(4)23(19-7-8-21(26)25-24(19)29-12-30-25)18(20)6-5-17-10-16(27)11-22(28)31-17/h5-9,13,16-17,27H,10-12H2,1-4H3/t16-,17-/m0/s1. The fourth-order valence-electron chi connectivity index (χ4n) is 4.26. The molecule has 164 valence electrons. The Bertz CT molecular complexity index is 1060. The van der Waals surface area contributed by atoms with Crippen molar-refractivity contribution in [1.82, 2.24) is 0 Å². The van der Waals surface area contributed by atoms with Crippen LogP contribution in [0, 0.1) is 19.7 Å². The second-order valence-corrected chi connectivity index (χ2v) is 8.49. The predicted octanol–water partition coefficient (Wildman–Crippen LogP) is 5.04. The van der Waals surface area contributed by atoms with E-state index in [0.29, 0.717) is 12.2 Å². The van der Waals surface area contributed by atoms with Crippen LogP contribution >= 0.6 is 0 Å². The van der Waals surface area contributed by atoms with Crippen molar-refractivity contribution in [3.05, 3.63) is 52.3 Å². The van der Waals surface area contributed by atoms with E-state index in [9.17, 15) is 14.3 Å². The van der Waals surface area contributed by atoms with Crippen molar-refractivity contribution in [2.45, 2.75) is 58.7 Å². The number of esters is 1. The summed E-state index contributed by atoms with van der Waals surface area (Å²) >= 11 is 0. The lowest BCUT2D eigenvalue weighted by Crippen LogP contribution is -2.31. The molecule has 2 aliphatic heterocycles. The number of rotatable bonds is 4. The molecule has 0 spiro atoms. The van der Waals surface area contributed by atoms with Crippen LogP contribution in [-0.2, 0) is 9.53 Å². The van der Waals surface area contributed by atoms with Gasteiger partial charge in [0.05, 0.1) is 12.5 Å². The molecular weight excluding hydrogens is 399 g/mol. The molecular formula is C25H27FO5. The first kappa shape index (κ1) is 21.4. The van der Waals surface area contributed by atoms with Crippen LogP contribution in [0.15, 0.2) is 24.3 Å². The summed E-state index contributed by atoms with van der Waals surface area (Å²) in [5.74, 6) is -0.102. The van der Waals surface area contributed by atoms with Gasteiger partial charge in [-0.3, -0.25) is 4.79 Å². The second-order valence-electron chi connectivity index (χ2n) is 8.49. The Morgan fingerprint density at radius 1 is 1.19 bits per heavy atom. The highest BCUT2D eigenvalue weighted by Gasteiger charge is 2.28. The summed E-state index contributed by atoms with van der Waals surface area (Å²) in [7, 11) is 0. The Morgan fingerprint density at radius 2 is 1.94 bits per heavy atom. The van der Waals surface area contributed by atoms with E-state index in [2.05, 4.69) is 26.8 Å². The molecule has 5 nitrogen and oxygen atoms in total. The van der Waals surface area contributed by atoms with Crippen molar-refractivity contribution in [2.75, 3.05) is 6.79 Å². The Morgan fingerprint density at radius 3 is 2.65 bits per heavy atom. The zero-order valence-electron chi connectivity index (χ0n) is 18.2. The third kappa shape index (κ3) is 4.04. The van der Waals surface area contributed by atoms with Gasteiger partial charge >= 0.3 is 5.97 Å². The van der Waals surface area contributed by atoms with Gasteiger partial charge in [0.2, 0.25) is 12.5 Å². The number of aliphatic hydroxyl groups excluding tert-OH is 1. The average Bonchev–Trinajstić information content (AvgIpc) is 3.19. The summed E-state index contributed by atoms with van der Waals surface area (Å²) in [5, 5.41) is 9.93. The number of benzene rings is 2. The van der Waals surface area contributed by atoms with Gasteiger partial charge in [-0.25, -0.2) is 4.39 Å². The fourth-order valence-corrected chi connectivity index (χ4v) is 4.26. The quantitative estimate of drug-likeness (QED) is 0.694. The Balaban J connectivity index is 1.89. The molecule has 31 heavy (non-hydrogen) atoms.